The van der Waals surface area contributed by atoms with Gasteiger partial charge in [0.25, 0.3) is 0 Å². The van der Waals surface area contributed by atoms with E-state index in [0.717, 1.165) is 0 Å². The van der Waals surface area contributed by atoms with Crippen molar-refractivity contribution in [3.63, 3.8) is 0 Å². The monoisotopic (exact) mass is 179 g/mol. The molecule has 0 atom stereocenters. The third kappa shape index (κ3) is 1.07. The van der Waals surface area contributed by atoms with E-state index in [4.69, 9.17) is 10.2 Å². The van der Waals surface area contributed by atoms with Gasteiger partial charge in [-0.3, -0.25) is 4.79 Å². The average molecular weight is 179 g/mol. The second kappa shape index (κ2) is 2.58. The first kappa shape index (κ1) is 7.79. The van der Waals surface area contributed by atoms with Crippen LogP contribution in [-0.2, 0) is 0 Å². The molecule has 0 saturated carbocycles. The summed E-state index contributed by atoms with van der Waals surface area (Å²) in [5.41, 5.74) is 4.72. The summed E-state index contributed by atoms with van der Waals surface area (Å²) in [5, 5.41) is 0.203. The molecule has 0 amide bonds. The number of hydrogen-bond donors (Lipinski definition) is 1. The van der Waals surface area contributed by atoms with E-state index in [1.165, 1.54) is 6.07 Å². The van der Waals surface area contributed by atoms with Gasteiger partial charge in [0, 0.05) is 0 Å². The summed E-state index contributed by atoms with van der Waals surface area (Å²) in [7, 11) is 0. The number of hydrogen-bond acceptors (Lipinski definition) is 3. The van der Waals surface area contributed by atoms with Crippen molar-refractivity contribution in [2.24, 2.45) is 0 Å². The number of rotatable bonds is 0. The summed E-state index contributed by atoms with van der Waals surface area (Å²) in [5.74, 6) is -1.50. The Morgan fingerprint density at radius 3 is 2.77 bits per heavy atom. The zero-order valence-electron chi connectivity index (χ0n) is 6.58. The van der Waals surface area contributed by atoms with Gasteiger partial charge in [0.1, 0.15) is 5.58 Å². The first-order valence-corrected chi connectivity index (χ1v) is 3.67. The SMILES string of the molecule is Nc1oc2ccccc2c(=O)c1F. The van der Waals surface area contributed by atoms with Crippen molar-refractivity contribution in [2.45, 2.75) is 0 Å². The Balaban J connectivity index is 3.03. The van der Waals surface area contributed by atoms with Gasteiger partial charge in [-0.15, -0.1) is 0 Å². The summed E-state index contributed by atoms with van der Waals surface area (Å²) in [6.07, 6.45) is 0. The van der Waals surface area contributed by atoms with Crippen LogP contribution in [0.5, 0.6) is 0 Å². The van der Waals surface area contributed by atoms with Gasteiger partial charge in [0.05, 0.1) is 5.39 Å². The predicted octanol–water partition coefficient (Wildman–Crippen LogP) is 1.51. The Hall–Kier alpha value is -1.84. The lowest BCUT2D eigenvalue weighted by molar-refractivity contribution is 0.541. The fraction of sp³-hybridized carbons (Fsp3) is 0. The minimum absolute atomic E-state index is 0.203. The van der Waals surface area contributed by atoms with Crippen molar-refractivity contribution in [1.29, 1.82) is 0 Å². The zero-order chi connectivity index (χ0) is 9.42. The number of halogens is 1. The Morgan fingerprint density at radius 2 is 2.00 bits per heavy atom. The van der Waals surface area contributed by atoms with Crippen LogP contribution >= 0.6 is 0 Å². The molecule has 2 N–H and O–H groups in total. The van der Waals surface area contributed by atoms with Gasteiger partial charge in [-0.2, -0.15) is 4.39 Å². The lowest BCUT2D eigenvalue weighted by atomic mass is 10.2. The minimum Gasteiger partial charge on any atom is -0.438 e. The summed E-state index contributed by atoms with van der Waals surface area (Å²) >= 11 is 0. The standard InChI is InChI=1S/C9H6FNO2/c10-7-8(12)5-3-1-2-4-6(5)13-9(7)11/h1-4H,11H2. The summed E-state index contributed by atoms with van der Waals surface area (Å²) in [4.78, 5) is 11.2. The Morgan fingerprint density at radius 1 is 1.31 bits per heavy atom. The average Bonchev–Trinajstić information content (AvgIpc) is 2.15. The molecule has 0 aliphatic carbocycles. The highest BCUT2D eigenvalue weighted by Gasteiger charge is 2.09. The predicted molar refractivity (Wildman–Crippen MR) is 46.9 cm³/mol. The van der Waals surface area contributed by atoms with E-state index < -0.39 is 17.1 Å². The van der Waals surface area contributed by atoms with Crippen molar-refractivity contribution in [3.8, 4) is 0 Å². The van der Waals surface area contributed by atoms with Crippen LogP contribution < -0.4 is 11.2 Å². The Bertz CT molecular complexity index is 518. The van der Waals surface area contributed by atoms with E-state index in [1.807, 2.05) is 0 Å². The van der Waals surface area contributed by atoms with Crippen molar-refractivity contribution in [2.75, 3.05) is 5.73 Å². The van der Waals surface area contributed by atoms with Crippen LogP contribution in [0.2, 0.25) is 0 Å². The fourth-order valence-electron chi connectivity index (χ4n) is 1.14. The van der Waals surface area contributed by atoms with Gasteiger partial charge in [-0.05, 0) is 12.1 Å². The van der Waals surface area contributed by atoms with Gasteiger partial charge >= 0.3 is 0 Å². The maximum absolute atomic E-state index is 12.9. The normalized spacial score (nSPS) is 10.5. The highest BCUT2D eigenvalue weighted by molar-refractivity contribution is 5.77. The second-order valence-corrected chi connectivity index (χ2v) is 2.61. The molecular formula is C9H6FNO2. The molecule has 13 heavy (non-hydrogen) atoms. The molecule has 0 bridgehead atoms. The summed E-state index contributed by atoms with van der Waals surface area (Å²) in [6, 6.07) is 6.37. The third-order valence-electron chi connectivity index (χ3n) is 1.77. The molecule has 0 spiro atoms. The molecule has 4 heteroatoms. The van der Waals surface area contributed by atoms with Gasteiger partial charge in [0.2, 0.25) is 17.1 Å². The van der Waals surface area contributed by atoms with Gasteiger partial charge in [0.15, 0.2) is 0 Å². The minimum atomic E-state index is -1.03. The molecule has 0 saturated heterocycles. The van der Waals surface area contributed by atoms with Crippen LogP contribution in [0.1, 0.15) is 0 Å². The largest absolute Gasteiger partial charge is 0.438 e. The van der Waals surface area contributed by atoms with E-state index in [9.17, 15) is 9.18 Å². The first-order chi connectivity index (χ1) is 6.20. The molecule has 1 heterocycles. The summed E-state index contributed by atoms with van der Waals surface area (Å²) in [6.45, 7) is 0. The molecule has 1 aromatic carbocycles. The van der Waals surface area contributed by atoms with Crippen LogP contribution in [0, 0.1) is 5.82 Å². The van der Waals surface area contributed by atoms with Crippen LogP contribution in [0.15, 0.2) is 33.5 Å². The Labute approximate surface area is 72.6 Å². The van der Waals surface area contributed by atoms with Crippen LogP contribution in [0.3, 0.4) is 0 Å². The lowest BCUT2D eigenvalue weighted by Crippen LogP contribution is -2.09. The van der Waals surface area contributed by atoms with Crippen molar-refractivity contribution in [1.82, 2.24) is 0 Å². The lowest BCUT2D eigenvalue weighted by Gasteiger charge is -1.98. The molecule has 0 aliphatic rings. The molecule has 0 fully saturated rings. The zero-order valence-corrected chi connectivity index (χ0v) is 6.58. The highest BCUT2D eigenvalue weighted by atomic mass is 19.1. The van der Waals surface area contributed by atoms with Crippen molar-refractivity contribution < 1.29 is 8.81 Å². The number of anilines is 1. The number of nitrogens with two attached hydrogens (primary N) is 1. The molecule has 66 valence electrons. The van der Waals surface area contributed by atoms with E-state index in [1.54, 1.807) is 18.2 Å². The maximum atomic E-state index is 12.9. The molecule has 0 radical (unpaired) electrons. The quantitative estimate of drug-likeness (QED) is 0.666. The van der Waals surface area contributed by atoms with E-state index in [-0.39, 0.29) is 5.39 Å². The van der Waals surface area contributed by atoms with Gasteiger partial charge in [-0.1, -0.05) is 12.1 Å². The van der Waals surface area contributed by atoms with Crippen LogP contribution in [-0.4, -0.2) is 0 Å². The molecule has 3 nitrogen and oxygen atoms in total. The van der Waals surface area contributed by atoms with Crippen molar-refractivity contribution >= 4 is 16.9 Å². The first-order valence-electron chi connectivity index (χ1n) is 3.67. The van der Waals surface area contributed by atoms with Crippen molar-refractivity contribution in [3.05, 3.63) is 40.3 Å². The topological polar surface area (TPSA) is 56.2 Å². The molecular weight excluding hydrogens is 173 g/mol. The molecule has 2 rings (SSSR count). The third-order valence-corrected chi connectivity index (χ3v) is 1.77. The number of benzene rings is 1. The van der Waals surface area contributed by atoms with E-state index in [2.05, 4.69) is 0 Å². The van der Waals surface area contributed by atoms with Gasteiger partial charge in [-0.25, -0.2) is 0 Å². The number of nitrogen functional groups attached to an aromatic ring is 1. The molecule has 0 aliphatic heterocycles. The molecule has 0 unspecified atom stereocenters. The van der Waals surface area contributed by atoms with E-state index in [0.29, 0.717) is 5.58 Å². The summed E-state index contributed by atoms with van der Waals surface area (Å²) < 4.78 is 17.8. The van der Waals surface area contributed by atoms with Crippen LogP contribution in [0.25, 0.3) is 11.0 Å². The van der Waals surface area contributed by atoms with Gasteiger partial charge < -0.3 is 10.2 Å². The van der Waals surface area contributed by atoms with E-state index >= 15 is 0 Å². The molecule has 1 aromatic heterocycles. The second-order valence-electron chi connectivity index (χ2n) is 2.61. The van der Waals surface area contributed by atoms with Crippen LogP contribution in [0.4, 0.5) is 10.3 Å². The number of fused-ring (bicyclic) bond motifs is 1. The number of para-hydroxylation sites is 1. The Kier molecular flexibility index (Phi) is 1.55. The molecule has 2 aromatic rings. The smallest absolute Gasteiger partial charge is 0.231 e. The highest BCUT2D eigenvalue weighted by Crippen LogP contribution is 2.15. The fourth-order valence-corrected chi connectivity index (χ4v) is 1.14. The maximum Gasteiger partial charge on any atom is 0.231 e.